The van der Waals surface area contributed by atoms with Crippen LogP contribution in [0.3, 0.4) is 0 Å². The average Bonchev–Trinajstić information content (AvgIpc) is 2.83. The quantitative estimate of drug-likeness (QED) is 0.940. The Hall–Kier alpha value is -2.18. The Balaban J connectivity index is 1.75. The number of halogens is 1. The van der Waals surface area contributed by atoms with E-state index in [4.69, 9.17) is 16.3 Å². The van der Waals surface area contributed by atoms with Gasteiger partial charge in [0.2, 0.25) is 5.91 Å². The van der Waals surface area contributed by atoms with E-state index < -0.39 is 0 Å². The predicted molar refractivity (Wildman–Crippen MR) is 81.8 cm³/mol. The molecule has 0 radical (unpaired) electrons. The average molecular weight is 320 g/mol. The molecule has 1 aromatic carbocycles. The van der Waals surface area contributed by atoms with Crippen LogP contribution in [-0.4, -0.2) is 15.7 Å². The van der Waals surface area contributed by atoms with Gasteiger partial charge in [-0.05, 0) is 31.2 Å². The number of benzene rings is 1. The number of ether oxygens (including phenoxy) is 1. The van der Waals surface area contributed by atoms with Gasteiger partial charge in [0.15, 0.2) is 0 Å². The maximum Gasteiger partial charge on any atom is 0.267 e. The summed E-state index contributed by atoms with van der Waals surface area (Å²) in [7, 11) is 0. The van der Waals surface area contributed by atoms with Gasteiger partial charge in [0.25, 0.3) is 5.56 Å². The number of anilines is 1. The van der Waals surface area contributed by atoms with Crippen LogP contribution < -0.4 is 10.9 Å². The van der Waals surface area contributed by atoms with Crippen LogP contribution in [0.5, 0.6) is 0 Å². The van der Waals surface area contributed by atoms with Crippen molar-refractivity contribution >= 4 is 23.2 Å². The van der Waals surface area contributed by atoms with Gasteiger partial charge in [0.1, 0.15) is 6.54 Å². The number of nitrogens with one attached hydrogen (secondary N) is 1. The Morgan fingerprint density at radius 2 is 2.18 bits per heavy atom. The van der Waals surface area contributed by atoms with Crippen molar-refractivity contribution in [2.24, 2.45) is 0 Å². The molecule has 0 saturated heterocycles. The monoisotopic (exact) mass is 319 g/mol. The van der Waals surface area contributed by atoms with Gasteiger partial charge >= 0.3 is 0 Å². The van der Waals surface area contributed by atoms with Crippen molar-refractivity contribution < 1.29 is 9.53 Å². The van der Waals surface area contributed by atoms with Gasteiger partial charge < -0.3 is 10.1 Å². The minimum absolute atomic E-state index is 0.151. The molecule has 6 nitrogen and oxygen atoms in total. The van der Waals surface area contributed by atoms with E-state index in [-0.39, 0.29) is 24.1 Å². The highest BCUT2D eigenvalue weighted by Gasteiger charge is 2.23. The van der Waals surface area contributed by atoms with E-state index in [1.54, 1.807) is 24.3 Å². The molecule has 3 rings (SSSR count). The lowest BCUT2D eigenvalue weighted by molar-refractivity contribution is -0.117. The number of aromatic nitrogens is 2. The molecule has 1 aromatic heterocycles. The van der Waals surface area contributed by atoms with Crippen LogP contribution >= 0.6 is 11.6 Å². The molecule has 2 aromatic rings. The fourth-order valence-corrected chi connectivity index (χ4v) is 2.40. The van der Waals surface area contributed by atoms with Crippen LogP contribution in [0, 0.1) is 0 Å². The summed E-state index contributed by atoms with van der Waals surface area (Å²) in [5.74, 6) is -0.330. The second-order valence-corrected chi connectivity index (χ2v) is 5.50. The van der Waals surface area contributed by atoms with Crippen LogP contribution in [0.15, 0.2) is 35.1 Å². The van der Waals surface area contributed by atoms with Crippen molar-refractivity contribution in [2.45, 2.75) is 26.2 Å². The van der Waals surface area contributed by atoms with Gasteiger partial charge in [-0.2, -0.15) is 5.10 Å². The van der Waals surface area contributed by atoms with Crippen molar-refractivity contribution in [3.63, 3.8) is 0 Å². The first-order chi connectivity index (χ1) is 10.5. The molecule has 1 aliphatic heterocycles. The van der Waals surface area contributed by atoms with E-state index in [0.717, 1.165) is 10.2 Å². The minimum Gasteiger partial charge on any atom is -0.367 e. The summed E-state index contributed by atoms with van der Waals surface area (Å²) in [5, 5.41) is 7.51. The van der Waals surface area contributed by atoms with Crippen molar-refractivity contribution in [3.05, 3.63) is 57.0 Å². The molecule has 1 atom stereocenters. The first-order valence-electron chi connectivity index (χ1n) is 6.81. The van der Waals surface area contributed by atoms with Crippen LogP contribution in [-0.2, 0) is 22.7 Å². The fraction of sp³-hybridized carbons (Fsp3) is 0.267. The zero-order valence-corrected chi connectivity index (χ0v) is 12.6. The molecule has 2 heterocycles. The molecular weight excluding hydrogens is 306 g/mol. The summed E-state index contributed by atoms with van der Waals surface area (Å²) in [6.45, 7) is 2.10. The number of carbonyl (C=O) groups excluding carboxylic acids is 1. The van der Waals surface area contributed by atoms with E-state index in [2.05, 4.69) is 10.4 Å². The van der Waals surface area contributed by atoms with E-state index in [1.807, 2.05) is 6.92 Å². The largest absolute Gasteiger partial charge is 0.367 e. The van der Waals surface area contributed by atoms with Gasteiger partial charge in [0, 0.05) is 22.3 Å². The maximum atomic E-state index is 12.0. The van der Waals surface area contributed by atoms with E-state index in [0.29, 0.717) is 23.0 Å². The fourth-order valence-electron chi connectivity index (χ4n) is 2.28. The molecule has 0 saturated carbocycles. The Labute approximate surface area is 131 Å². The number of nitrogens with zero attached hydrogens (tertiary/aromatic N) is 2. The van der Waals surface area contributed by atoms with Gasteiger partial charge in [-0.25, -0.2) is 4.68 Å². The topological polar surface area (TPSA) is 73.2 Å². The summed E-state index contributed by atoms with van der Waals surface area (Å²) in [6.07, 6.45) is -0.166. The van der Waals surface area contributed by atoms with Gasteiger partial charge in [-0.1, -0.05) is 11.6 Å². The maximum absolute atomic E-state index is 12.0. The lowest BCUT2D eigenvalue weighted by atomic mass is 10.2. The summed E-state index contributed by atoms with van der Waals surface area (Å²) in [5.41, 5.74) is 1.79. The molecule has 0 fully saturated rings. The lowest BCUT2D eigenvalue weighted by Crippen LogP contribution is -2.30. The molecule has 0 bridgehead atoms. The van der Waals surface area contributed by atoms with Crippen LogP contribution in [0.2, 0.25) is 5.02 Å². The summed E-state index contributed by atoms with van der Waals surface area (Å²) >= 11 is 5.79. The van der Waals surface area contributed by atoms with Crippen molar-refractivity contribution in [3.8, 4) is 0 Å². The summed E-state index contributed by atoms with van der Waals surface area (Å²) < 4.78 is 6.57. The zero-order valence-electron chi connectivity index (χ0n) is 11.9. The zero-order chi connectivity index (χ0) is 15.7. The minimum atomic E-state index is -0.330. The molecule has 7 heteroatoms. The van der Waals surface area contributed by atoms with Gasteiger partial charge in [0.05, 0.1) is 18.4 Å². The Bertz CT molecular complexity index is 771. The Morgan fingerprint density at radius 1 is 1.45 bits per heavy atom. The number of carbonyl (C=O) groups is 1. The number of rotatable bonds is 3. The third-order valence-electron chi connectivity index (χ3n) is 3.40. The number of hydrogen-bond donors (Lipinski definition) is 1. The highest BCUT2D eigenvalue weighted by atomic mass is 35.5. The first kappa shape index (κ1) is 14.7. The third-order valence-corrected chi connectivity index (χ3v) is 3.66. The third kappa shape index (κ3) is 3.03. The van der Waals surface area contributed by atoms with Crippen molar-refractivity contribution in [1.29, 1.82) is 0 Å². The van der Waals surface area contributed by atoms with Gasteiger partial charge in [-0.15, -0.1) is 0 Å². The standard InChI is InChI=1S/C15H14ClN3O3/c1-9-15-10(8-22-9)6-14(21)19(18-15)7-13(20)17-12-4-2-11(16)3-5-12/h2-6,9H,7-8H2,1H3,(H,17,20)/t9-/m1/s1. The Kier molecular flexibility index (Phi) is 3.96. The highest BCUT2D eigenvalue weighted by molar-refractivity contribution is 6.30. The van der Waals surface area contributed by atoms with Crippen LogP contribution in [0.4, 0.5) is 5.69 Å². The molecule has 0 aliphatic carbocycles. The summed E-state index contributed by atoms with van der Waals surface area (Å²) in [4.78, 5) is 24.0. The van der Waals surface area contributed by atoms with E-state index in [1.165, 1.54) is 6.07 Å². The predicted octanol–water partition coefficient (Wildman–Crippen LogP) is 2.13. The van der Waals surface area contributed by atoms with Crippen LogP contribution in [0.1, 0.15) is 24.3 Å². The van der Waals surface area contributed by atoms with E-state index >= 15 is 0 Å². The first-order valence-corrected chi connectivity index (χ1v) is 7.18. The van der Waals surface area contributed by atoms with Gasteiger partial charge in [-0.3, -0.25) is 9.59 Å². The number of fused-ring (bicyclic) bond motifs is 1. The SMILES string of the molecule is C[C@H]1OCc2cc(=O)n(CC(=O)Nc3ccc(Cl)cc3)nc21. The molecule has 22 heavy (non-hydrogen) atoms. The number of hydrogen-bond acceptors (Lipinski definition) is 4. The lowest BCUT2D eigenvalue weighted by Gasteiger charge is -2.09. The molecule has 1 amide bonds. The number of amides is 1. The molecule has 114 valence electrons. The molecule has 1 aliphatic rings. The second kappa shape index (κ2) is 5.90. The second-order valence-electron chi connectivity index (χ2n) is 5.06. The normalized spacial score (nSPS) is 16.4. The van der Waals surface area contributed by atoms with Crippen molar-refractivity contribution in [2.75, 3.05) is 5.32 Å². The smallest absolute Gasteiger partial charge is 0.267 e. The molecule has 1 N–H and O–H groups in total. The summed E-state index contributed by atoms with van der Waals surface area (Å²) in [6, 6.07) is 8.21. The highest BCUT2D eigenvalue weighted by Crippen LogP contribution is 2.26. The van der Waals surface area contributed by atoms with Crippen molar-refractivity contribution in [1.82, 2.24) is 9.78 Å². The van der Waals surface area contributed by atoms with Crippen LogP contribution in [0.25, 0.3) is 0 Å². The molecule has 0 unspecified atom stereocenters. The molecule has 0 spiro atoms. The molecular formula is C15H14ClN3O3. The van der Waals surface area contributed by atoms with E-state index in [9.17, 15) is 9.59 Å². The Morgan fingerprint density at radius 3 is 2.91 bits per heavy atom.